The van der Waals surface area contributed by atoms with Crippen LogP contribution in [0.5, 0.6) is 0 Å². The highest BCUT2D eigenvalue weighted by Crippen LogP contribution is 2.31. The number of carbonyl (C=O) groups is 1. The Morgan fingerprint density at radius 1 is 1.33 bits per heavy atom. The van der Waals surface area contributed by atoms with Crippen LogP contribution in [0.4, 0.5) is 0 Å². The monoisotopic (exact) mass is 318 g/mol. The average molecular weight is 319 g/mol. The summed E-state index contributed by atoms with van der Waals surface area (Å²) < 4.78 is 0. The molecule has 0 amide bonds. The maximum atomic E-state index is 10.9. The van der Waals surface area contributed by atoms with Crippen molar-refractivity contribution in [2.45, 2.75) is 6.04 Å². The van der Waals surface area contributed by atoms with Gasteiger partial charge in [0, 0.05) is 16.5 Å². The first-order chi connectivity index (χ1) is 10.1. The van der Waals surface area contributed by atoms with E-state index < -0.39 is 12.0 Å². The van der Waals surface area contributed by atoms with Gasteiger partial charge >= 0.3 is 5.97 Å². The number of thiophene rings is 1. The minimum Gasteiger partial charge on any atom is -0.477 e. The van der Waals surface area contributed by atoms with Gasteiger partial charge in [-0.2, -0.15) is 0 Å². The number of nitrogens with two attached hydrogens (primary N) is 1. The Bertz CT molecular complexity index is 831. The lowest BCUT2D eigenvalue weighted by Crippen LogP contribution is -2.10. The van der Waals surface area contributed by atoms with Crippen molar-refractivity contribution in [2.75, 3.05) is 0 Å². The smallest absolute Gasteiger partial charge is 0.345 e. The summed E-state index contributed by atoms with van der Waals surface area (Å²) in [5.74, 6) is -0.948. The van der Waals surface area contributed by atoms with Crippen molar-refractivity contribution in [2.24, 2.45) is 5.73 Å². The predicted octanol–water partition coefficient (Wildman–Crippen LogP) is 3.70. The van der Waals surface area contributed by atoms with E-state index >= 15 is 0 Å². The Morgan fingerprint density at radius 3 is 2.86 bits per heavy atom. The molecule has 0 spiro atoms. The topological polar surface area (TPSA) is 76.2 Å². The summed E-state index contributed by atoms with van der Waals surface area (Å²) in [6, 6.07) is 10.3. The van der Waals surface area contributed by atoms with E-state index in [2.05, 4.69) is 4.98 Å². The molecule has 2 aromatic heterocycles. The van der Waals surface area contributed by atoms with Gasteiger partial charge in [-0.05, 0) is 42.0 Å². The summed E-state index contributed by atoms with van der Waals surface area (Å²) >= 11 is 7.43. The molecule has 1 aromatic carbocycles. The van der Waals surface area contributed by atoms with Crippen molar-refractivity contribution < 1.29 is 9.90 Å². The SMILES string of the molecule is NC(c1cc(Cl)c2cccnc2c1)c1ccc(C(=O)O)s1. The van der Waals surface area contributed by atoms with Gasteiger partial charge in [0.15, 0.2) is 0 Å². The Morgan fingerprint density at radius 2 is 2.14 bits per heavy atom. The molecule has 0 saturated heterocycles. The van der Waals surface area contributed by atoms with Crippen LogP contribution in [-0.4, -0.2) is 16.1 Å². The molecule has 1 atom stereocenters. The first kappa shape index (κ1) is 14.0. The molecule has 21 heavy (non-hydrogen) atoms. The summed E-state index contributed by atoms with van der Waals surface area (Å²) in [4.78, 5) is 16.3. The minimum atomic E-state index is -0.948. The fourth-order valence-electron chi connectivity index (χ4n) is 2.14. The Kier molecular flexibility index (Phi) is 3.63. The molecular weight excluding hydrogens is 308 g/mol. The van der Waals surface area contributed by atoms with Crippen LogP contribution in [0.2, 0.25) is 5.02 Å². The molecule has 0 aliphatic carbocycles. The van der Waals surface area contributed by atoms with E-state index in [-0.39, 0.29) is 4.88 Å². The molecule has 3 rings (SSSR count). The summed E-state index contributed by atoms with van der Waals surface area (Å²) in [7, 11) is 0. The normalized spacial score (nSPS) is 12.5. The van der Waals surface area contributed by atoms with Gasteiger partial charge in [0.1, 0.15) is 4.88 Å². The van der Waals surface area contributed by atoms with Gasteiger partial charge in [0.2, 0.25) is 0 Å². The second kappa shape index (κ2) is 5.44. The lowest BCUT2D eigenvalue weighted by molar-refractivity contribution is 0.0702. The second-order valence-electron chi connectivity index (χ2n) is 4.56. The number of rotatable bonds is 3. The third-order valence-corrected chi connectivity index (χ3v) is 4.66. The van der Waals surface area contributed by atoms with Crippen LogP contribution in [0.3, 0.4) is 0 Å². The van der Waals surface area contributed by atoms with Crippen molar-refractivity contribution in [1.82, 2.24) is 4.98 Å². The first-order valence-corrected chi connectivity index (χ1v) is 7.38. The van der Waals surface area contributed by atoms with E-state index in [0.29, 0.717) is 5.02 Å². The molecule has 1 unspecified atom stereocenters. The second-order valence-corrected chi connectivity index (χ2v) is 6.08. The van der Waals surface area contributed by atoms with Crippen molar-refractivity contribution in [3.05, 3.63) is 62.9 Å². The van der Waals surface area contributed by atoms with Crippen LogP contribution in [0.15, 0.2) is 42.6 Å². The number of pyridine rings is 1. The van der Waals surface area contributed by atoms with Crippen LogP contribution in [0.25, 0.3) is 10.9 Å². The van der Waals surface area contributed by atoms with Gasteiger partial charge < -0.3 is 10.8 Å². The van der Waals surface area contributed by atoms with Gasteiger partial charge in [0.05, 0.1) is 16.6 Å². The number of aromatic nitrogens is 1. The number of carboxylic acids is 1. The zero-order valence-corrected chi connectivity index (χ0v) is 12.4. The van der Waals surface area contributed by atoms with Gasteiger partial charge in [-0.15, -0.1) is 11.3 Å². The fraction of sp³-hybridized carbons (Fsp3) is 0.0667. The number of aromatic carboxylic acids is 1. The zero-order valence-electron chi connectivity index (χ0n) is 10.8. The number of carboxylic acid groups (broad SMARTS) is 1. The number of halogens is 1. The van der Waals surface area contributed by atoms with Gasteiger partial charge in [-0.3, -0.25) is 4.98 Å². The van der Waals surface area contributed by atoms with Crippen molar-refractivity contribution >= 4 is 39.8 Å². The Hall–Kier alpha value is -1.95. The molecule has 6 heteroatoms. The zero-order chi connectivity index (χ0) is 15.0. The molecule has 3 aromatic rings. The van der Waals surface area contributed by atoms with E-state index in [1.165, 1.54) is 11.3 Å². The highest BCUT2D eigenvalue weighted by atomic mass is 35.5. The molecule has 106 valence electrons. The van der Waals surface area contributed by atoms with Crippen LogP contribution in [0, 0.1) is 0 Å². The lowest BCUT2D eigenvalue weighted by Gasteiger charge is -2.12. The minimum absolute atomic E-state index is 0.269. The molecule has 0 aliphatic rings. The van der Waals surface area contributed by atoms with E-state index in [0.717, 1.165) is 21.3 Å². The highest BCUT2D eigenvalue weighted by molar-refractivity contribution is 7.14. The summed E-state index contributed by atoms with van der Waals surface area (Å²) in [6.45, 7) is 0. The highest BCUT2D eigenvalue weighted by Gasteiger charge is 2.16. The summed E-state index contributed by atoms with van der Waals surface area (Å²) in [6.07, 6.45) is 1.70. The number of fused-ring (bicyclic) bond motifs is 1. The number of benzene rings is 1. The van der Waals surface area contributed by atoms with E-state index in [1.807, 2.05) is 18.2 Å². The predicted molar refractivity (Wildman–Crippen MR) is 84.1 cm³/mol. The molecule has 3 N–H and O–H groups in total. The largest absolute Gasteiger partial charge is 0.477 e. The molecule has 0 fully saturated rings. The van der Waals surface area contributed by atoms with Crippen LogP contribution >= 0.6 is 22.9 Å². The van der Waals surface area contributed by atoms with E-state index in [4.69, 9.17) is 22.4 Å². The molecule has 4 nitrogen and oxygen atoms in total. The molecule has 0 saturated carbocycles. The molecule has 0 bridgehead atoms. The maximum absolute atomic E-state index is 10.9. The number of nitrogens with zero attached hydrogens (tertiary/aromatic N) is 1. The standard InChI is InChI=1S/C15H11ClN2O2S/c16-10-6-8(7-11-9(10)2-1-5-18-11)14(17)12-3-4-13(21-12)15(19)20/h1-7,14H,17H2,(H,19,20). The maximum Gasteiger partial charge on any atom is 0.345 e. The van der Waals surface area contributed by atoms with E-state index in [1.54, 1.807) is 24.4 Å². The van der Waals surface area contributed by atoms with Gasteiger partial charge in [0.25, 0.3) is 0 Å². The molecular formula is C15H11ClN2O2S. The van der Waals surface area contributed by atoms with Crippen molar-refractivity contribution in [1.29, 1.82) is 0 Å². The molecule has 0 radical (unpaired) electrons. The number of hydrogen-bond acceptors (Lipinski definition) is 4. The third-order valence-electron chi connectivity index (χ3n) is 3.20. The first-order valence-electron chi connectivity index (χ1n) is 6.19. The Labute approximate surface area is 129 Å². The quantitative estimate of drug-likeness (QED) is 0.772. The fourth-order valence-corrected chi connectivity index (χ4v) is 3.30. The average Bonchev–Trinajstić information content (AvgIpc) is 2.96. The summed E-state index contributed by atoms with van der Waals surface area (Å²) in [5, 5.41) is 10.4. The van der Waals surface area contributed by atoms with Crippen LogP contribution in [0.1, 0.15) is 26.2 Å². The van der Waals surface area contributed by atoms with Crippen molar-refractivity contribution in [3.63, 3.8) is 0 Å². The van der Waals surface area contributed by atoms with Crippen LogP contribution in [-0.2, 0) is 0 Å². The Balaban J connectivity index is 2.04. The van der Waals surface area contributed by atoms with Gasteiger partial charge in [-0.1, -0.05) is 11.6 Å². The summed E-state index contributed by atoms with van der Waals surface area (Å²) in [5.41, 5.74) is 7.80. The van der Waals surface area contributed by atoms with Crippen LogP contribution < -0.4 is 5.73 Å². The van der Waals surface area contributed by atoms with Crippen molar-refractivity contribution in [3.8, 4) is 0 Å². The molecule has 2 heterocycles. The lowest BCUT2D eigenvalue weighted by atomic mass is 10.0. The number of hydrogen-bond donors (Lipinski definition) is 2. The van der Waals surface area contributed by atoms with E-state index in [9.17, 15) is 4.79 Å². The molecule has 0 aliphatic heterocycles. The third kappa shape index (κ3) is 2.63. The van der Waals surface area contributed by atoms with Gasteiger partial charge in [-0.25, -0.2) is 4.79 Å².